The second kappa shape index (κ2) is 14.7. The van der Waals surface area contributed by atoms with E-state index in [-0.39, 0.29) is 0 Å². The zero-order valence-corrected chi connectivity index (χ0v) is 29.3. The molecule has 0 fully saturated rings. The summed E-state index contributed by atoms with van der Waals surface area (Å²) in [6.45, 7) is 4.25. The average Bonchev–Trinajstić information content (AvgIpc) is 3.90. The van der Waals surface area contributed by atoms with E-state index < -0.39 is 0 Å². The van der Waals surface area contributed by atoms with E-state index in [0.29, 0.717) is 22.7 Å². The second-order valence-corrected chi connectivity index (χ2v) is 12.7. The van der Waals surface area contributed by atoms with Crippen molar-refractivity contribution in [3.8, 4) is 33.6 Å². The minimum atomic E-state index is 0.375. The summed E-state index contributed by atoms with van der Waals surface area (Å²) in [5.41, 5.74) is 9.89. The van der Waals surface area contributed by atoms with Gasteiger partial charge in [0.2, 0.25) is 0 Å². The fraction of sp³-hybridized carbons (Fsp3) is 0.0769. The number of hydrogen-bond acceptors (Lipinski definition) is 11. The summed E-state index contributed by atoms with van der Waals surface area (Å²) in [4.78, 5) is 26.2. The van der Waals surface area contributed by atoms with Crippen LogP contribution in [0, 0.1) is 0 Å². The van der Waals surface area contributed by atoms with E-state index in [0.717, 1.165) is 61.3 Å². The van der Waals surface area contributed by atoms with Gasteiger partial charge in [-0.1, -0.05) is 25.4 Å². The molecule has 0 unspecified atom stereocenters. The summed E-state index contributed by atoms with van der Waals surface area (Å²) >= 11 is 5.94. The predicted molar refractivity (Wildman–Crippen MR) is 204 cm³/mol. The van der Waals surface area contributed by atoms with Crippen molar-refractivity contribution in [1.29, 1.82) is 0 Å². The molecule has 13 nitrogen and oxygen atoms in total. The van der Waals surface area contributed by atoms with Crippen molar-refractivity contribution in [2.45, 2.75) is 19.8 Å². The lowest BCUT2D eigenvalue weighted by Crippen LogP contribution is -2.00. The molecule has 0 amide bonds. The Morgan fingerprint density at radius 3 is 1.77 bits per heavy atom. The highest BCUT2D eigenvalue weighted by Crippen LogP contribution is 2.26. The quantitative estimate of drug-likeness (QED) is 0.160. The fourth-order valence-corrected chi connectivity index (χ4v) is 5.62. The van der Waals surface area contributed by atoms with Crippen molar-refractivity contribution < 1.29 is 0 Å². The van der Waals surface area contributed by atoms with Gasteiger partial charge >= 0.3 is 0 Å². The molecule has 0 atom stereocenters. The third-order valence-electron chi connectivity index (χ3n) is 8.29. The van der Waals surface area contributed by atoms with Gasteiger partial charge in [-0.2, -0.15) is 15.3 Å². The first-order valence-corrected chi connectivity index (χ1v) is 17.0. The van der Waals surface area contributed by atoms with Gasteiger partial charge in [-0.25, -0.2) is 19.3 Å². The summed E-state index contributed by atoms with van der Waals surface area (Å²) < 4.78 is 3.57. The number of anilines is 2. The molecule has 0 saturated heterocycles. The summed E-state index contributed by atoms with van der Waals surface area (Å²) in [7, 11) is 0. The number of pyridine rings is 6. The van der Waals surface area contributed by atoms with E-state index in [1.165, 1.54) is 0 Å². The third kappa shape index (κ3) is 7.55. The van der Waals surface area contributed by atoms with E-state index in [9.17, 15) is 0 Å². The Kier molecular flexibility index (Phi) is 9.20. The van der Waals surface area contributed by atoms with Crippen LogP contribution >= 0.6 is 11.6 Å². The van der Waals surface area contributed by atoms with Crippen LogP contribution in [0.1, 0.15) is 25.3 Å². The Hall–Kier alpha value is -6.99. The van der Waals surface area contributed by atoms with Gasteiger partial charge in [0.1, 0.15) is 11.0 Å². The molecule has 9 rings (SSSR count). The monoisotopic (exact) mass is 715 g/mol. The number of fused-ring (bicyclic) bond motifs is 2. The van der Waals surface area contributed by atoms with Gasteiger partial charge in [0.25, 0.3) is 0 Å². The maximum Gasteiger partial charge on any atom is 0.154 e. The molecular weight excluding hydrogens is 686 g/mol. The molecule has 0 aliphatic rings. The molecule has 1 N–H and O–H groups in total. The van der Waals surface area contributed by atoms with Crippen molar-refractivity contribution in [3.05, 3.63) is 146 Å². The van der Waals surface area contributed by atoms with E-state index in [2.05, 4.69) is 64.5 Å². The molecule has 0 saturated carbocycles. The fourth-order valence-electron chi connectivity index (χ4n) is 5.47. The summed E-state index contributed by atoms with van der Waals surface area (Å²) in [5, 5.41) is 20.7. The van der Waals surface area contributed by atoms with Crippen LogP contribution in [0.5, 0.6) is 0 Å². The van der Waals surface area contributed by atoms with Crippen LogP contribution in [0.2, 0.25) is 5.15 Å². The van der Waals surface area contributed by atoms with Gasteiger partial charge in [-0.3, -0.25) is 19.9 Å². The van der Waals surface area contributed by atoms with Gasteiger partial charge in [0.05, 0.1) is 64.4 Å². The molecule has 0 aliphatic carbocycles. The SMILES string of the molecule is CC(C)c1cnnc(Nc2ccc3ncc(-c4cnn(-c5cccnc5)c4)cc3n2)c1.Clc1ccc2ncc(-c3cnn(-c4cccnc4)c3)cc2n1. The van der Waals surface area contributed by atoms with Gasteiger partial charge in [0.15, 0.2) is 5.82 Å². The van der Waals surface area contributed by atoms with E-state index in [1.54, 1.807) is 52.6 Å². The van der Waals surface area contributed by atoms with E-state index >= 15 is 0 Å². The molecular formula is C39H30ClN13. The Labute approximate surface area is 308 Å². The van der Waals surface area contributed by atoms with Crippen LogP contribution in [-0.4, -0.2) is 59.7 Å². The van der Waals surface area contributed by atoms with Crippen LogP contribution in [0.3, 0.4) is 0 Å². The Bertz CT molecular complexity index is 2660. The maximum absolute atomic E-state index is 5.94. The lowest BCUT2D eigenvalue weighted by molar-refractivity contribution is 0.843. The number of nitrogens with one attached hydrogen (secondary N) is 1. The Morgan fingerprint density at radius 1 is 0.585 bits per heavy atom. The number of hydrogen-bond donors (Lipinski definition) is 1. The van der Waals surface area contributed by atoms with Crippen molar-refractivity contribution >= 4 is 45.3 Å². The smallest absolute Gasteiger partial charge is 0.154 e. The van der Waals surface area contributed by atoms with Crippen LogP contribution in [0.25, 0.3) is 55.7 Å². The minimum absolute atomic E-state index is 0.375. The van der Waals surface area contributed by atoms with Crippen molar-refractivity contribution in [2.75, 3.05) is 5.32 Å². The number of halogens is 1. The van der Waals surface area contributed by atoms with Crippen LogP contribution < -0.4 is 5.32 Å². The lowest BCUT2D eigenvalue weighted by Gasteiger charge is -2.09. The number of nitrogens with zero attached hydrogens (tertiary/aromatic N) is 12. The highest BCUT2D eigenvalue weighted by atomic mass is 35.5. The molecule has 0 spiro atoms. The number of aromatic nitrogens is 12. The first-order chi connectivity index (χ1) is 25.9. The Balaban J connectivity index is 0.000000160. The minimum Gasteiger partial charge on any atom is -0.323 e. The zero-order chi connectivity index (χ0) is 36.1. The highest BCUT2D eigenvalue weighted by Gasteiger charge is 2.10. The van der Waals surface area contributed by atoms with Gasteiger partial charge in [-0.15, -0.1) is 5.10 Å². The topological polar surface area (TPSA) is 151 Å². The van der Waals surface area contributed by atoms with Crippen LogP contribution in [0.4, 0.5) is 11.6 Å². The first kappa shape index (κ1) is 33.2. The van der Waals surface area contributed by atoms with Crippen molar-refractivity contribution in [3.63, 3.8) is 0 Å². The lowest BCUT2D eigenvalue weighted by atomic mass is 10.1. The average molecular weight is 716 g/mol. The molecule has 9 aromatic rings. The van der Waals surface area contributed by atoms with Crippen LogP contribution in [0.15, 0.2) is 135 Å². The van der Waals surface area contributed by atoms with Gasteiger partial charge in [-0.05, 0) is 78.2 Å². The molecule has 258 valence electrons. The molecule has 0 aromatic carbocycles. The van der Waals surface area contributed by atoms with Crippen molar-refractivity contribution in [2.24, 2.45) is 0 Å². The summed E-state index contributed by atoms with van der Waals surface area (Å²) in [5.74, 6) is 1.73. The van der Waals surface area contributed by atoms with Gasteiger partial charge < -0.3 is 5.32 Å². The molecule has 9 heterocycles. The van der Waals surface area contributed by atoms with Gasteiger partial charge in [0, 0.05) is 59.4 Å². The summed E-state index contributed by atoms with van der Waals surface area (Å²) in [6.07, 6.45) is 19.9. The van der Waals surface area contributed by atoms with Crippen LogP contribution in [-0.2, 0) is 0 Å². The molecule has 0 bridgehead atoms. The zero-order valence-electron chi connectivity index (χ0n) is 28.5. The second-order valence-electron chi connectivity index (χ2n) is 12.3. The molecule has 0 radical (unpaired) electrons. The number of rotatable bonds is 7. The first-order valence-electron chi connectivity index (χ1n) is 16.6. The standard InChI is InChI=1S/C23H20N8.C16H10ClN5/c1-15(2)16-9-23(30-26-11-16)29-22-6-5-20-21(28-22)8-17(10-25-20)18-12-27-31(14-18)19-4-3-7-24-13-19;17-16-4-3-14-15(21-16)6-11(7-19-14)12-8-20-22(10-12)13-2-1-5-18-9-13/h3-15H,1-2H3,(H,28,29,30);1-10H. The molecule has 53 heavy (non-hydrogen) atoms. The predicted octanol–water partition coefficient (Wildman–Crippen LogP) is 8.07. The normalized spacial score (nSPS) is 11.1. The Morgan fingerprint density at radius 2 is 1.19 bits per heavy atom. The largest absolute Gasteiger partial charge is 0.323 e. The highest BCUT2D eigenvalue weighted by molar-refractivity contribution is 6.29. The molecule has 0 aliphatic heterocycles. The molecule has 9 aromatic heterocycles. The van der Waals surface area contributed by atoms with Crippen molar-refractivity contribution in [1.82, 2.24) is 59.7 Å². The third-order valence-corrected chi connectivity index (χ3v) is 8.50. The van der Waals surface area contributed by atoms with E-state index in [1.807, 2.05) is 91.6 Å². The van der Waals surface area contributed by atoms with E-state index in [4.69, 9.17) is 16.6 Å². The maximum atomic E-state index is 5.94. The summed E-state index contributed by atoms with van der Waals surface area (Å²) in [6, 6.07) is 21.0. The molecule has 14 heteroatoms.